The number of amides is 1. The summed E-state index contributed by atoms with van der Waals surface area (Å²) in [5, 5.41) is 11.7. The molecular formula is C19H20N4O2S. The van der Waals surface area contributed by atoms with Gasteiger partial charge < -0.3 is 14.6 Å². The molecule has 26 heavy (non-hydrogen) atoms. The molecule has 0 aliphatic heterocycles. The van der Waals surface area contributed by atoms with Crippen LogP contribution in [0.3, 0.4) is 0 Å². The Hall–Kier alpha value is -2.80. The highest BCUT2D eigenvalue weighted by atomic mass is 32.2. The molecule has 1 aromatic heterocycles. The van der Waals surface area contributed by atoms with Gasteiger partial charge in [-0.2, -0.15) is 0 Å². The topological polar surface area (TPSA) is 69.0 Å². The normalized spacial score (nSPS) is 11.8. The second-order valence-electron chi connectivity index (χ2n) is 5.71. The van der Waals surface area contributed by atoms with Crippen LogP contribution in [0.4, 0.5) is 5.69 Å². The van der Waals surface area contributed by atoms with E-state index in [-0.39, 0.29) is 11.2 Å². The van der Waals surface area contributed by atoms with Crippen LogP contribution in [0.5, 0.6) is 5.75 Å². The fourth-order valence-electron chi connectivity index (χ4n) is 2.39. The molecule has 1 N–H and O–H groups in total. The smallest absolute Gasteiger partial charge is 0.237 e. The first-order valence-electron chi connectivity index (χ1n) is 8.15. The number of thioether (sulfide) groups is 1. The number of aromatic nitrogens is 3. The average Bonchev–Trinajstić information content (AvgIpc) is 3.03. The number of carbonyl (C=O) groups excluding carboxylic acids is 1. The predicted molar refractivity (Wildman–Crippen MR) is 103 cm³/mol. The second kappa shape index (κ2) is 8.05. The van der Waals surface area contributed by atoms with Crippen molar-refractivity contribution < 1.29 is 9.53 Å². The van der Waals surface area contributed by atoms with E-state index < -0.39 is 0 Å². The van der Waals surface area contributed by atoms with Gasteiger partial charge in [-0.15, -0.1) is 10.2 Å². The Bertz CT molecular complexity index is 878. The van der Waals surface area contributed by atoms with E-state index >= 15 is 0 Å². The van der Waals surface area contributed by atoms with Crippen LogP contribution < -0.4 is 10.1 Å². The number of benzene rings is 2. The third kappa shape index (κ3) is 4.05. The lowest BCUT2D eigenvalue weighted by Gasteiger charge is -2.12. The number of anilines is 1. The van der Waals surface area contributed by atoms with Gasteiger partial charge in [0, 0.05) is 18.3 Å². The predicted octanol–water partition coefficient (Wildman–Crippen LogP) is 3.61. The quantitative estimate of drug-likeness (QED) is 0.673. The molecule has 0 radical (unpaired) electrons. The molecule has 0 fully saturated rings. The number of hydrogen-bond acceptors (Lipinski definition) is 5. The molecule has 134 valence electrons. The molecule has 0 aliphatic carbocycles. The summed E-state index contributed by atoms with van der Waals surface area (Å²) >= 11 is 1.37. The van der Waals surface area contributed by atoms with Crippen molar-refractivity contribution in [2.45, 2.75) is 17.3 Å². The van der Waals surface area contributed by atoms with Crippen molar-refractivity contribution in [2.75, 3.05) is 12.4 Å². The third-order valence-electron chi connectivity index (χ3n) is 3.88. The van der Waals surface area contributed by atoms with Gasteiger partial charge in [-0.05, 0) is 31.2 Å². The van der Waals surface area contributed by atoms with Crippen LogP contribution in [0.15, 0.2) is 59.8 Å². The van der Waals surface area contributed by atoms with E-state index in [9.17, 15) is 4.79 Å². The highest BCUT2D eigenvalue weighted by Crippen LogP contribution is 2.26. The second-order valence-corrected chi connectivity index (χ2v) is 7.02. The van der Waals surface area contributed by atoms with Gasteiger partial charge in [-0.25, -0.2) is 0 Å². The number of carbonyl (C=O) groups is 1. The van der Waals surface area contributed by atoms with Crippen LogP contribution in [0.1, 0.15) is 6.92 Å². The maximum absolute atomic E-state index is 12.4. The molecule has 2 aromatic carbocycles. The maximum Gasteiger partial charge on any atom is 0.237 e. The van der Waals surface area contributed by atoms with Gasteiger partial charge in [0.05, 0.1) is 12.4 Å². The van der Waals surface area contributed by atoms with Crippen LogP contribution >= 0.6 is 11.8 Å². The van der Waals surface area contributed by atoms with E-state index in [0.29, 0.717) is 5.16 Å². The zero-order chi connectivity index (χ0) is 18.5. The van der Waals surface area contributed by atoms with Gasteiger partial charge in [0.1, 0.15) is 5.75 Å². The number of nitrogens with zero attached hydrogens (tertiary/aromatic N) is 3. The van der Waals surface area contributed by atoms with Crippen molar-refractivity contribution in [3.05, 3.63) is 54.6 Å². The molecule has 0 spiro atoms. The fraction of sp³-hybridized carbons (Fsp3) is 0.211. The summed E-state index contributed by atoms with van der Waals surface area (Å²) in [4.78, 5) is 12.4. The Morgan fingerprint density at radius 3 is 2.46 bits per heavy atom. The van der Waals surface area contributed by atoms with Crippen molar-refractivity contribution in [2.24, 2.45) is 7.05 Å². The molecule has 1 atom stereocenters. The minimum atomic E-state index is -0.316. The lowest BCUT2D eigenvalue weighted by atomic mass is 10.2. The van der Waals surface area contributed by atoms with Crippen molar-refractivity contribution in [3.63, 3.8) is 0 Å². The summed E-state index contributed by atoms with van der Waals surface area (Å²) in [5.74, 6) is 1.43. The van der Waals surface area contributed by atoms with E-state index in [2.05, 4.69) is 15.5 Å². The summed E-state index contributed by atoms with van der Waals surface area (Å²) in [5.41, 5.74) is 1.72. The monoisotopic (exact) mass is 368 g/mol. The van der Waals surface area contributed by atoms with Gasteiger partial charge in [0.2, 0.25) is 5.91 Å². The Morgan fingerprint density at radius 1 is 1.12 bits per heavy atom. The van der Waals surface area contributed by atoms with Crippen molar-refractivity contribution >= 4 is 23.4 Å². The third-order valence-corrected chi connectivity index (χ3v) is 5.01. The Morgan fingerprint density at radius 2 is 1.81 bits per heavy atom. The highest BCUT2D eigenvalue weighted by Gasteiger charge is 2.19. The SMILES string of the molecule is COc1ccc(NC(=O)[C@@H](C)Sc2nnc(-c3ccccc3)n2C)cc1. The summed E-state index contributed by atoms with van der Waals surface area (Å²) in [7, 11) is 3.51. The van der Waals surface area contributed by atoms with E-state index in [1.165, 1.54) is 11.8 Å². The van der Waals surface area contributed by atoms with Crippen LogP contribution in [0, 0.1) is 0 Å². The first-order valence-corrected chi connectivity index (χ1v) is 9.03. The van der Waals surface area contributed by atoms with E-state index in [1.807, 2.05) is 73.1 Å². The Kier molecular flexibility index (Phi) is 5.58. The summed E-state index contributed by atoms with van der Waals surface area (Å²) in [6.07, 6.45) is 0. The molecule has 0 saturated heterocycles. The minimum Gasteiger partial charge on any atom is -0.497 e. The Labute approximate surface area is 156 Å². The molecule has 3 aromatic rings. The van der Waals surface area contributed by atoms with Crippen LogP contribution in [-0.2, 0) is 11.8 Å². The number of nitrogens with one attached hydrogen (secondary N) is 1. The summed E-state index contributed by atoms with van der Waals surface area (Å²) < 4.78 is 7.02. The molecule has 1 amide bonds. The first kappa shape index (κ1) is 18.0. The molecule has 0 unspecified atom stereocenters. The number of ether oxygens (including phenoxy) is 1. The molecule has 1 heterocycles. The van der Waals surface area contributed by atoms with Gasteiger partial charge in [0.15, 0.2) is 11.0 Å². The molecule has 0 aliphatic rings. The van der Waals surface area contributed by atoms with Gasteiger partial charge >= 0.3 is 0 Å². The standard InChI is InChI=1S/C19H20N4O2S/c1-13(18(24)20-15-9-11-16(25-3)12-10-15)26-19-22-21-17(23(19)2)14-7-5-4-6-8-14/h4-13H,1-3H3,(H,20,24)/t13-/m1/s1. The van der Waals surface area contributed by atoms with Crippen molar-refractivity contribution in [1.82, 2.24) is 14.8 Å². The minimum absolute atomic E-state index is 0.0931. The first-order chi connectivity index (χ1) is 12.6. The molecule has 7 heteroatoms. The molecule has 3 rings (SSSR count). The zero-order valence-electron chi connectivity index (χ0n) is 14.8. The molecule has 6 nitrogen and oxygen atoms in total. The lowest BCUT2D eigenvalue weighted by molar-refractivity contribution is -0.115. The largest absolute Gasteiger partial charge is 0.497 e. The van der Waals surface area contributed by atoms with E-state index in [0.717, 1.165) is 22.8 Å². The van der Waals surface area contributed by atoms with Crippen LogP contribution in [0.2, 0.25) is 0 Å². The zero-order valence-corrected chi connectivity index (χ0v) is 15.7. The van der Waals surface area contributed by atoms with E-state index in [1.54, 1.807) is 7.11 Å². The van der Waals surface area contributed by atoms with Gasteiger partial charge in [-0.1, -0.05) is 42.1 Å². The molecular weight excluding hydrogens is 348 g/mol. The maximum atomic E-state index is 12.4. The molecule has 0 bridgehead atoms. The average molecular weight is 368 g/mol. The van der Waals surface area contributed by atoms with Gasteiger partial charge in [0.25, 0.3) is 0 Å². The van der Waals surface area contributed by atoms with Crippen LogP contribution in [-0.4, -0.2) is 33.0 Å². The van der Waals surface area contributed by atoms with Crippen molar-refractivity contribution in [1.29, 1.82) is 0 Å². The van der Waals surface area contributed by atoms with E-state index in [4.69, 9.17) is 4.74 Å². The van der Waals surface area contributed by atoms with Crippen molar-refractivity contribution in [3.8, 4) is 17.1 Å². The number of methoxy groups -OCH3 is 1. The number of hydrogen-bond donors (Lipinski definition) is 1. The van der Waals surface area contributed by atoms with Crippen LogP contribution in [0.25, 0.3) is 11.4 Å². The highest BCUT2D eigenvalue weighted by molar-refractivity contribution is 8.00. The fourth-order valence-corrected chi connectivity index (χ4v) is 3.20. The summed E-state index contributed by atoms with van der Waals surface area (Å²) in [6, 6.07) is 17.1. The van der Waals surface area contributed by atoms with Gasteiger partial charge in [-0.3, -0.25) is 4.79 Å². The lowest BCUT2D eigenvalue weighted by Crippen LogP contribution is -2.22. The molecule has 0 saturated carbocycles. The number of rotatable bonds is 6. The Balaban J connectivity index is 1.66. The summed E-state index contributed by atoms with van der Waals surface area (Å²) in [6.45, 7) is 1.85.